The predicted octanol–water partition coefficient (Wildman–Crippen LogP) is 5.00. The normalized spacial score (nSPS) is 25.8. The molecule has 186 valence electrons. The summed E-state index contributed by atoms with van der Waals surface area (Å²) in [5, 5.41) is 9.83. The van der Waals surface area contributed by atoms with Gasteiger partial charge in [0.1, 0.15) is 18.6 Å². The van der Waals surface area contributed by atoms with Crippen LogP contribution >= 0.6 is 0 Å². The lowest BCUT2D eigenvalue weighted by Gasteiger charge is -2.46. The van der Waals surface area contributed by atoms with Crippen LogP contribution in [-0.4, -0.2) is 59.7 Å². The molecule has 0 spiro atoms. The highest BCUT2D eigenvalue weighted by Crippen LogP contribution is 2.42. The molecule has 1 N–H and O–H groups in total. The van der Waals surface area contributed by atoms with Crippen LogP contribution in [0.2, 0.25) is 0 Å². The first-order valence-electron chi connectivity index (χ1n) is 12.9. The van der Waals surface area contributed by atoms with Crippen molar-refractivity contribution in [3.05, 3.63) is 96.1 Å². The quantitative estimate of drug-likeness (QED) is 0.278. The van der Waals surface area contributed by atoms with E-state index < -0.39 is 5.92 Å². The highest BCUT2D eigenvalue weighted by molar-refractivity contribution is 5.97. The maximum absolute atomic E-state index is 13.3. The van der Waals surface area contributed by atoms with Gasteiger partial charge < -0.3 is 14.3 Å². The van der Waals surface area contributed by atoms with Crippen molar-refractivity contribution in [3.8, 4) is 11.1 Å². The maximum atomic E-state index is 13.3. The van der Waals surface area contributed by atoms with Crippen LogP contribution in [0.1, 0.15) is 47.5 Å². The molecule has 0 saturated carbocycles. The minimum Gasteiger partial charge on any atom is -0.461 e. The number of nitrogens with zero attached hydrogens (tertiary/aromatic N) is 1. The molecule has 5 heteroatoms. The molecule has 3 unspecified atom stereocenters. The molecule has 0 aromatic heterocycles. The van der Waals surface area contributed by atoms with Gasteiger partial charge in [0.2, 0.25) is 5.78 Å². The van der Waals surface area contributed by atoms with Crippen molar-refractivity contribution >= 4 is 11.8 Å². The Morgan fingerprint density at radius 3 is 2.00 bits per heavy atom. The number of hydrogen-bond acceptors (Lipinski definition) is 4. The number of hydrogen-bond donors (Lipinski definition) is 1. The van der Waals surface area contributed by atoms with Crippen molar-refractivity contribution in [2.75, 3.05) is 20.2 Å². The molecule has 0 amide bonds. The molecule has 2 aliphatic heterocycles. The number of benzene rings is 3. The van der Waals surface area contributed by atoms with Crippen LogP contribution in [-0.2, 0) is 9.53 Å². The molecule has 0 aliphatic carbocycles. The minimum atomic E-state index is -0.660. The molecule has 36 heavy (non-hydrogen) atoms. The fourth-order valence-corrected chi connectivity index (χ4v) is 6.18. The molecular formula is C31H34NO4+. The van der Waals surface area contributed by atoms with E-state index in [0.29, 0.717) is 18.6 Å². The van der Waals surface area contributed by atoms with E-state index in [2.05, 4.69) is 19.2 Å². The van der Waals surface area contributed by atoms with Gasteiger partial charge in [-0.15, -0.1) is 0 Å². The van der Waals surface area contributed by atoms with Crippen LogP contribution in [0.25, 0.3) is 11.1 Å². The van der Waals surface area contributed by atoms with Gasteiger partial charge in [0, 0.05) is 31.2 Å². The Labute approximate surface area is 212 Å². The molecule has 2 fully saturated rings. The number of ketones is 1. The number of likely N-dealkylation sites (N-methyl/N-ethyl adjacent to an activating group) is 1. The number of piperidine rings is 1. The van der Waals surface area contributed by atoms with Gasteiger partial charge in [-0.3, -0.25) is 9.59 Å². The van der Waals surface area contributed by atoms with Gasteiger partial charge in [-0.1, -0.05) is 84.9 Å². The number of ether oxygens (including phenoxy) is 1. The lowest BCUT2D eigenvalue weighted by molar-refractivity contribution is -0.941. The standard InChI is InChI=1S/C31H34NO4/c1-32(20-30(34)25-14-12-23(13-15-25)22-8-4-2-5-9-22)26-16-17-27(32)19-28(18-26)36-31(35)29(21-33)24-10-6-3-7-11-24/h2-15,26-29,33H,16-21H2,1H3/q+1/t26-,27+,28?,29?,32?. The van der Waals surface area contributed by atoms with Gasteiger partial charge in [0.05, 0.1) is 25.7 Å². The number of aliphatic hydroxyl groups excluding tert-OH is 1. The highest BCUT2D eigenvalue weighted by atomic mass is 16.5. The second kappa shape index (κ2) is 10.4. The third-order valence-corrected chi connectivity index (χ3v) is 8.32. The lowest BCUT2D eigenvalue weighted by atomic mass is 9.94. The fraction of sp³-hybridized carbons (Fsp3) is 0.355. The summed E-state index contributed by atoms with van der Waals surface area (Å²) >= 11 is 0. The summed E-state index contributed by atoms with van der Waals surface area (Å²) in [5.74, 6) is -0.861. The Morgan fingerprint density at radius 1 is 0.861 bits per heavy atom. The van der Waals surface area contributed by atoms with E-state index in [4.69, 9.17) is 4.74 Å². The molecule has 2 heterocycles. The highest BCUT2D eigenvalue weighted by Gasteiger charge is 2.53. The van der Waals surface area contributed by atoms with Crippen LogP contribution in [0.5, 0.6) is 0 Å². The number of rotatable bonds is 8. The first-order chi connectivity index (χ1) is 17.5. The summed E-state index contributed by atoms with van der Waals surface area (Å²) in [4.78, 5) is 26.2. The van der Waals surface area contributed by atoms with Crippen molar-refractivity contribution in [1.29, 1.82) is 0 Å². The summed E-state index contributed by atoms with van der Waals surface area (Å²) in [5.41, 5.74) is 3.76. The predicted molar refractivity (Wildman–Crippen MR) is 139 cm³/mol. The largest absolute Gasteiger partial charge is 0.461 e. The number of Topliss-reactive ketones (excluding diaryl/α,β-unsaturated/α-hetero) is 1. The lowest BCUT2D eigenvalue weighted by Crippen LogP contribution is -2.60. The van der Waals surface area contributed by atoms with Crippen molar-refractivity contribution in [1.82, 2.24) is 0 Å². The molecular weight excluding hydrogens is 450 g/mol. The Kier molecular flexibility index (Phi) is 7.04. The maximum Gasteiger partial charge on any atom is 0.316 e. The molecule has 0 radical (unpaired) electrons. The van der Waals surface area contributed by atoms with Crippen molar-refractivity contribution in [2.45, 2.75) is 49.8 Å². The number of fused-ring (bicyclic) bond motifs is 2. The zero-order chi connectivity index (χ0) is 25.1. The first kappa shape index (κ1) is 24.4. The van der Waals surface area contributed by atoms with Gasteiger partial charge >= 0.3 is 5.97 Å². The molecule has 2 aliphatic rings. The number of carbonyl (C=O) groups excluding carboxylic acids is 2. The third kappa shape index (κ3) is 4.86. The molecule has 2 bridgehead atoms. The van der Waals surface area contributed by atoms with E-state index in [9.17, 15) is 14.7 Å². The summed E-state index contributed by atoms with van der Waals surface area (Å²) in [6.45, 7) is 0.192. The minimum absolute atomic E-state index is 0.161. The fourth-order valence-electron chi connectivity index (χ4n) is 6.18. The topological polar surface area (TPSA) is 63.6 Å². The van der Waals surface area contributed by atoms with Crippen LogP contribution in [0.15, 0.2) is 84.9 Å². The van der Waals surface area contributed by atoms with Crippen molar-refractivity contribution < 1.29 is 23.9 Å². The molecule has 5 nitrogen and oxygen atoms in total. The van der Waals surface area contributed by atoms with Crippen LogP contribution < -0.4 is 0 Å². The zero-order valence-corrected chi connectivity index (χ0v) is 20.8. The zero-order valence-electron chi connectivity index (χ0n) is 20.8. The summed E-state index contributed by atoms with van der Waals surface area (Å²) in [6.07, 6.45) is 3.42. The SMILES string of the molecule is C[N+]1(CC(=O)c2ccc(-c3ccccc3)cc2)[C@@H]2CC[C@H]1CC(OC(=O)C(CO)c1ccccc1)C2. The second-order valence-electron chi connectivity index (χ2n) is 10.4. The Balaban J connectivity index is 1.22. The van der Waals surface area contributed by atoms with Crippen LogP contribution in [0.3, 0.4) is 0 Å². The third-order valence-electron chi connectivity index (χ3n) is 8.32. The van der Waals surface area contributed by atoms with Crippen LogP contribution in [0, 0.1) is 0 Å². The van der Waals surface area contributed by atoms with E-state index in [1.165, 1.54) is 0 Å². The Morgan fingerprint density at radius 2 is 1.42 bits per heavy atom. The second-order valence-corrected chi connectivity index (χ2v) is 10.4. The van der Waals surface area contributed by atoms with Gasteiger partial charge in [0.25, 0.3) is 0 Å². The van der Waals surface area contributed by atoms with E-state index in [1.807, 2.05) is 72.8 Å². The number of esters is 1. The van der Waals surface area contributed by atoms with E-state index in [-0.39, 0.29) is 24.5 Å². The van der Waals surface area contributed by atoms with Crippen molar-refractivity contribution in [2.24, 2.45) is 0 Å². The van der Waals surface area contributed by atoms with E-state index in [1.54, 1.807) is 0 Å². The average Bonchev–Trinajstić information content (AvgIpc) is 3.06. The number of carbonyl (C=O) groups is 2. The van der Waals surface area contributed by atoms with E-state index in [0.717, 1.165) is 52.4 Å². The molecule has 3 aromatic rings. The molecule has 2 saturated heterocycles. The summed E-state index contributed by atoms with van der Waals surface area (Å²) in [6, 6.07) is 28.0. The number of quaternary nitrogens is 1. The van der Waals surface area contributed by atoms with Crippen molar-refractivity contribution in [3.63, 3.8) is 0 Å². The first-order valence-corrected chi connectivity index (χ1v) is 12.9. The van der Waals surface area contributed by atoms with E-state index >= 15 is 0 Å². The summed E-state index contributed by atoms with van der Waals surface area (Å²) in [7, 11) is 2.19. The van der Waals surface area contributed by atoms with Crippen LogP contribution in [0.4, 0.5) is 0 Å². The Hall–Kier alpha value is -3.28. The van der Waals surface area contributed by atoms with Gasteiger partial charge in [-0.25, -0.2) is 0 Å². The van der Waals surface area contributed by atoms with Gasteiger partial charge in [-0.05, 0) is 16.7 Å². The summed E-state index contributed by atoms with van der Waals surface area (Å²) < 4.78 is 6.64. The average molecular weight is 485 g/mol. The number of aliphatic hydroxyl groups is 1. The molecule has 5 rings (SSSR count). The van der Waals surface area contributed by atoms with Gasteiger partial charge in [0.15, 0.2) is 0 Å². The van der Waals surface area contributed by atoms with Gasteiger partial charge in [-0.2, -0.15) is 0 Å². The molecule has 5 atom stereocenters. The monoisotopic (exact) mass is 484 g/mol. The smallest absolute Gasteiger partial charge is 0.316 e. The molecule has 3 aromatic carbocycles. The Bertz CT molecular complexity index is 1180.